The minimum Gasteiger partial charge on any atom is -0.489 e. The van der Waals surface area contributed by atoms with Gasteiger partial charge in [0.1, 0.15) is 5.75 Å². The Hall–Kier alpha value is -1.85. The molecule has 0 aliphatic rings. The third-order valence-corrected chi connectivity index (χ3v) is 4.52. The summed E-state index contributed by atoms with van der Waals surface area (Å²) in [6.07, 6.45) is 1.29. The van der Waals surface area contributed by atoms with Crippen LogP contribution in [0.3, 0.4) is 0 Å². The Morgan fingerprint density at radius 2 is 1.78 bits per heavy atom. The lowest BCUT2D eigenvalue weighted by Crippen LogP contribution is -2.06. The highest BCUT2D eigenvalue weighted by atomic mass is 35.5. The lowest BCUT2D eigenvalue weighted by molar-refractivity contribution is 0.242. The third kappa shape index (κ3) is 4.81. The summed E-state index contributed by atoms with van der Waals surface area (Å²) in [4.78, 5) is 0.158. The molecule has 0 amide bonds. The highest BCUT2D eigenvalue weighted by Gasteiger charge is 2.11. The normalized spacial score (nSPS) is 12.0. The fourth-order valence-corrected chi connectivity index (χ4v) is 2.94. The van der Waals surface area contributed by atoms with Crippen LogP contribution in [-0.2, 0) is 10.0 Å². The molecule has 0 spiro atoms. The Bertz CT molecular complexity index is 812. The molecule has 0 aliphatic carbocycles. The summed E-state index contributed by atoms with van der Waals surface area (Å²) in [6, 6.07) is 11.6. The van der Waals surface area contributed by atoms with E-state index in [0.29, 0.717) is 16.3 Å². The van der Waals surface area contributed by atoms with Crippen LogP contribution in [0.1, 0.15) is 25.0 Å². The fraction of sp³-hybridized carbons (Fsp3) is 0.235. The van der Waals surface area contributed by atoms with Crippen molar-refractivity contribution in [1.82, 2.24) is 0 Å². The van der Waals surface area contributed by atoms with Crippen molar-refractivity contribution < 1.29 is 13.2 Å². The maximum absolute atomic E-state index is 12.2. The molecule has 4 nitrogen and oxygen atoms in total. The number of sulfonamides is 1. The first-order valence-electron chi connectivity index (χ1n) is 7.11. The molecule has 0 heterocycles. The van der Waals surface area contributed by atoms with Crippen molar-refractivity contribution in [2.24, 2.45) is 4.40 Å². The molecule has 23 heavy (non-hydrogen) atoms. The molecule has 2 aromatic carbocycles. The molecule has 2 rings (SSSR count). The van der Waals surface area contributed by atoms with E-state index in [2.05, 4.69) is 4.40 Å². The minimum absolute atomic E-state index is 0.00827. The van der Waals surface area contributed by atoms with Crippen molar-refractivity contribution in [2.75, 3.05) is 0 Å². The van der Waals surface area contributed by atoms with Gasteiger partial charge in [-0.1, -0.05) is 29.3 Å². The second-order valence-electron chi connectivity index (χ2n) is 5.38. The van der Waals surface area contributed by atoms with E-state index >= 15 is 0 Å². The van der Waals surface area contributed by atoms with Gasteiger partial charge in [0.25, 0.3) is 10.0 Å². The van der Waals surface area contributed by atoms with Gasteiger partial charge in [0, 0.05) is 6.21 Å². The predicted octanol–water partition coefficient (Wildman–Crippen LogP) is 4.24. The highest BCUT2D eigenvalue weighted by Crippen LogP contribution is 2.26. The number of hydrogen-bond donors (Lipinski definition) is 0. The number of aryl methyl sites for hydroxylation is 1. The zero-order chi connectivity index (χ0) is 17.0. The molecule has 2 aromatic rings. The minimum atomic E-state index is -3.72. The average Bonchev–Trinajstić information content (AvgIpc) is 2.48. The van der Waals surface area contributed by atoms with Crippen LogP contribution in [-0.4, -0.2) is 20.7 Å². The number of benzene rings is 2. The van der Waals surface area contributed by atoms with Gasteiger partial charge < -0.3 is 4.74 Å². The van der Waals surface area contributed by atoms with E-state index in [1.807, 2.05) is 20.8 Å². The monoisotopic (exact) mass is 351 g/mol. The quantitative estimate of drug-likeness (QED) is 0.757. The molecule has 0 unspecified atom stereocenters. The van der Waals surface area contributed by atoms with E-state index in [9.17, 15) is 8.42 Å². The summed E-state index contributed by atoms with van der Waals surface area (Å²) >= 11 is 6.12. The zero-order valence-corrected chi connectivity index (χ0v) is 14.7. The van der Waals surface area contributed by atoms with Gasteiger partial charge >= 0.3 is 0 Å². The summed E-state index contributed by atoms with van der Waals surface area (Å²) in [6.45, 7) is 5.70. The number of ether oxygens (including phenoxy) is 1. The van der Waals surface area contributed by atoms with Crippen LogP contribution in [0.4, 0.5) is 0 Å². The second kappa shape index (κ2) is 7.15. The lowest BCUT2D eigenvalue weighted by Gasteiger charge is -2.11. The molecular weight excluding hydrogens is 334 g/mol. The molecule has 122 valence electrons. The summed E-state index contributed by atoms with van der Waals surface area (Å²) in [5, 5.41) is 0.412. The lowest BCUT2D eigenvalue weighted by atomic mass is 10.2. The molecule has 0 atom stereocenters. The van der Waals surface area contributed by atoms with Gasteiger partial charge in [0.2, 0.25) is 0 Å². The van der Waals surface area contributed by atoms with Crippen molar-refractivity contribution in [2.45, 2.75) is 31.8 Å². The molecule has 6 heteroatoms. The van der Waals surface area contributed by atoms with Crippen LogP contribution in [0.25, 0.3) is 0 Å². The van der Waals surface area contributed by atoms with Crippen LogP contribution >= 0.6 is 11.6 Å². The first kappa shape index (κ1) is 17.5. The Kier molecular flexibility index (Phi) is 5.44. The SMILES string of the molecule is Cc1ccc(S(=O)(=O)/N=C\c2ccc(OC(C)C)c(Cl)c2)cc1. The van der Waals surface area contributed by atoms with Crippen LogP contribution in [0.2, 0.25) is 5.02 Å². The fourth-order valence-electron chi connectivity index (χ4n) is 1.85. The van der Waals surface area contributed by atoms with E-state index in [0.717, 1.165) is 5.56 Å². The van der Waals surface area contributed by atoms with Crippen molar-refractivity contribution >= 4 is 27.8 Å². The van der Waals surface area contributed by atoms with Gasteiger partial charge in [0.15, 0.2) is 0 Å². The van der Waals surface area contributed by atoms with Crippen molar-refractivity contribution in [1.29, 1.82) is 0 Å². The zero-order valence-electron chi connectivity index (χ0n) is 13.2. The maximum atomic E-state index is 12.2. The molecule has 0 aromatic heterocycles. The summed E-state index contributed by atoms with van der Waals surface area (Å²) in [7, 11) is -3.72. The van der Waals surface area contributed by atoms with Crippen LogP contribution in [0.5, 0.6) is 5.75 Å². The van der Waals surface area contributed by atoms with Crippen molar-refractivity contribution in [3.63, 3.8) is 0 Å². The Labute approximate surface area is 141 Å². The van der Waals surface area contributed by atoms with Crippen LogP contribution in [0, 0.1) is 6.92 Å². The number of nitrogens with zero attached hydrogens (tertiary/aromatic N) is 1. The molecule has 0 saturated heterocycles. The molecule has 0 radical (unpaired) electrons. The Morgan fingerprint density at radius 3 is 2.35 bits per heavy atom. The van der Waals surface area contributed by atoms with Crippen LogP contribution in [0.15, 0.2) is 51.8 Å². The molecule has 0 saturated carbocycles. The van der Waals surface area contributed by atoms with Gasteiger partial charge in [-0.3, -0.25) is 0 Å². The molecule has 0 fully saturated rings. The van der Waals surface area contributed by atoms with Crippen LogP contribution < -0.4 is 4.74 Å². The third-order valence-electron chi connectivity index (χ3n) is 2.98. The van der Waals surface area contributed by atoms with E-state index in [1.165, 1.54) is 18.3 Å². The van der Waals surface area contributed by atoms with Gasteiger partial charge in [0.05, 0.1) is 16.0 Å². The average molecular weight is 352 g/mol. The molecule has 0 bridgehead atoms. The first-order valence-corrected chi connectivity index (χ1v) is 8.93. The molecule has 0 N–H and O–H groups in total. The van der Waals surface area contributed by atoms with E-state index in [4.69, 9.17) is 16.3 Å². The Balaban J connectivity index is 2.22. The molecular formula is C17H18ClNO3S. The Morgan fingerprint density at radius 1 is 1.13 bits per heavy atom. The van der Waals surface area contributed by atoms with Gasteiger partial charge in [-0.2, -0.15) is 12.8 Å². The van der Waals surface area contributed by atoms with Gasteiger partial charge in [-0.25, -0.2) is 0 Å². The maximum Gasteiger partial charge on any atom is 0.282 e. The summed E-state index contributed by atoms with van der Waals surface area (Å²) in [5.41, 5.74) is 1.57. The van der Waals surface area contributed by atoms with E-state index in [-0.39, 0.29) is 11.0 Å². The first-order chi connectivity index (χ1) is 10.8. The second-order valence-corrected chi connectivity index (χ2v) is 7.42. The smallest absolute Gasteiger partial charge is 0.282 e. The topological polar surface area (TPSA) is 55.7 Å². The largest absolute Gasteiger partial charge is 0.489 e. The van der Waals surface area contributed by atoms with Gasteiger partial charge in [-0.15, -0.1) is 0 Å². The van der Waals surface area contributed by atoms with Gasteiger partial charge in [-0.05, 0) is 56.7 Å². The number of halogens is 1. The predicted molar refractivity (Wildman–Crippen MR) is 93.2 cm³/mol. The van der Waals surface area contributed by atoms with E-state index < -0.39 is 10.0 Å². The van der Waals surface area contributed by atoms with E-state index in [1.54, 1.807) is 30.3 Å². The summed E-state index contributed by atoms with van der Waals surface area (Å²) < 4.78 is 33.6. The standard InChI is InChI=1S/C17H18ClNO3S/c1-12(2)22-17-9-6-14(10-16(17)18)11-19-23(20,21)15-7-4-13(3)5-8-15/h4-12H,1-3H3/b19-11-. The highest BCUT2D eigenvalue weighted by molar-refractivity contribution is 7.90. The van der Waals surface area contributed by atoms with Crippen molar-refractivity contribution in [3.8, 4) is 5.75 Å². The number of hydrogen-bond acceptors (Lipinski definition) is 3. The number of rotatable bonds is 5. The van der Waals surface area contributed by atoms with Crippen molar-refractivity contribution in [3.05, 3.63) is 58.6 Å². The summed E-state index contributed by atoms with van der Waals surface area (Å²) in [5.74, 6) is 0.556. The molecule has 0 aliphatic heterocycles.